The fraction of sp³-hybridized carbons (Fsp3) is 0.450. The van der Waals surface area contributed by atoms with Crippen LogP contribution in [0.15, 0.2) is 36.4 Å². The predicted molar refractivity (Wildman–Crippen MR) is 97.2 cm³/mol. The van der Waals surface area contributed by atoms with E-state index in [2.05, 4.69) is 42.3 Å². The van der Waals surface area contributed by atoms with Gasteiger partial charge in [-0.05, 0) is 53.9 Å². The quantitative estimate of drug-likeness (QED) is 0.846. The van der Waals surface area contributed by atoms with Crippen LogP contribution in [-0.2, 0) is 11.3 Å². The number of fused-ring (bicyclic) bond motifs is 1. The Bertz CT molecular complexity index is 729. The van der Waals surface area contributed by atoms with Crippen LogP contribution in [-0.4, -0.2) is 49.5 Å². The number of hydrogen-bond acceptors (Lipinski definition) is 3. The number of hydrogen-bond donors (Lipinski definition) is 0. The van der Waals surface area contributed by atoms with Crippen molar-refractivity contribution < 1.29 is 9.53 Å². The van der Waals surface area contributed by atoms with Crippen molar-refractivity contribution in [2.75, 3.05) is 33.8 Å². The first kappa shape index (κ1) is 16.8. The Hall–Kier alpha value is -2.07. The van der Waals surface area contributed by atoms with Crippen LogP contribution in [0.1, 0.15) is 18.9 Å². The van der Waals surface area contributed by atoms with Gasteiger partial charge in [0.25, 0.3) is 0 Å². The van der Waals surface area contributed by atoms with E-state index in [-0.39, 0.29) is 5.91 Å². The van der Waals surface area contributed by atoms with Crippen molar-refractivity contribution in [2.45, 2.75) is 19.9 Å². The Kier molecular flexibility index (Phi) is 5.05. The van der Waals surface area contributed by atoms with Gasteiger partial charge in [-0.1, -0.05) is 18.2 Å². The maximum absolute atomic E-state index is 11.4. The summed E-state index contributed by atoms with van der Waals surface area (Å²) in [5.41, 5.74) is 1.32. The molecular weight excluding hydrogens is 300 g/mol. The van der Waals surface area contributed by atoms with E-state index in [9.17, 15) is 4.79 Å². The molecule has 4 heteroatoms. The van der Waals surface area contributed by atoms with Crippen molar-refractivity contribution in [1.29, 1.82) is 0 Å². The Morgan fingerprint density at radius 1 is 1.25 bits per heavy atom. The second-order valence-corrected chi connectivity index (χ2v) is 6.86. The van der Waals surface area contributed by atoms with E-state index in [0.717, 1.165) is 38.3 Å². The molecule has 1 saturated heterocycles. The molecule has 1 fully saturated rings. The molecule has 0 aromatic heterocycles. The van der Waals surface area contributed by atoms with Crippen LogP contribution in [0.2, 0.25) is 0 Å². The first-order chi connectivity index (χ1) is 11.5. The van der Waals surface area contributed by atoms with Gasteiger partial charge in [-0.25, -0.2) is 0 Å². The van der Waals surface area contributed by atoms with E-state index in [1.807, 2.05) is 11.0 Å². The lowest BCUT2D eigenvalue weighted by Crippen LogP contribution is -2.30. The maximum atomic E-state index is 11.4. The lowest BCUT2D eigenvalue weighted by atomic mass is 10.1. The van der Waals surface area contributed by atoms with Gasteiger partial charge in [-0.15, -0.1) is 0 Å². The average molecular weight is 326 g/mol. The monoisotopic (exact) mass is 326 g/mol. The molecule has 1 atom stereocenters. The number of ether oxygens (including phenoxy) is 1. The summed E-state index contributed by atoms with van der Waals surface area (Å²) < 4.78 is 5.28. The Labute approximate surface area is 144 Å². The molecule has 24 heavy (non-hydrogen) atoms. The highest BCUT2D eigenvalue weighted by Gasteiger charge is 2.24. The summed E-state index contributed by atoms with van der Waals surface area (Å²) in [5, 5.41) is 2.44. The third-order valence-corrected chi connectivity index (χ3v) is 4.87. The number of carbonyl (C=O) groups excluding carboxylic acids is 1. The maximum Gasteiger partial charge on any atom is 0.219 e. The second kappa shape index (κ2) is 7.22. The molecule has 1 heterocycles. The molecule has 1 aliphatic rings. The lowest BCUT2D eigenvalue weighted by molar-refractivity contribution is -0.127. The fourth-order valence-corrected chi connectivity index (χ4v) is 3.58. The smallest absolute Gasteiger partial charge is 0.219 e. The molecule has 0 spiro atoms. The standard InChI is InChI=1S/C20H26N2O2/c1-15(23)22-9-8-17(14-22)13-21(2)12-16-4-5-19-11-20(24-3)7-6-18(19)10-16/h4-7,10-11,17H,8-9,12-14H2,1-3H3. The minimum absolute atomic E-state index is 0.199. The van der Waals surface area contributed by atoms with Crippen molar-refractivity contribution in [3.63, 3.8) is 0 Å². The fourth-order valence-electron chi connectivity index (χ4n) is 3.58. The largest absolute Gasteiger partial charge is 0.497 e. The van der Waals surface area contributed by atoms with Crippen molar-refractivity contribution in [1.82, 2.24) is 9.80 Å². The summed E-state index contributed by atoms with van der Waals surface area (Å²) in [6.07, 6.45) is 1.11. The van der Waals surface area contributed by atoms with Crippen LogP contribution in [0.4, 0.5) is 0 Å². The SMILES string of the molecule is COc1ccc2cc(CN(C)CC3CCN(C(C)=O)C3)ccc2c1. The van der Waals surface area contributed by atoms with Gasteiger partial charge in [0.1, 0.15) is 5.75 Å². The molecule has 1 aliphatic heterocycles. The minimum Gasteiger partial charge on any atom is -0.497 e. The number of benzene rings is 2. The number of carbonyl (C=O) groups is 1. The number of rotatable bonds is 5. The van der Waals surface area contributed by atoms with E-state index in [1.54, 1.807) is 14.0 Å². The van der Waals surface area contributed by atoms with Crippen LogP contribution in [0.5, 0.6) is 5.75 Å². The summed E-state index contributed by atoms with van der Waals surface area (Å²) in [6, 6.07) is 12.8. The summed E-state index contributed by atoms with van der Waals surface area (Å²) in [5.74, 6) is 1.68. The van der Waals surface area contributed by atoms with Crippen molar-refractivity contribution in [2.24, 2.45) is 5.92 Å². The molecule has 0 bridgehead atoms. The highest BCUT2D eigenvalue weighted by molar-refractivity contribution is 5.84. The highest BCUT2D eigenvalue weighted by Crippen LogP contribution is 2.23. The van der Waals surface area contributed by atoms with E-state index >= 15 is 0 Å². The minimum atomic E-state index is 0.199. The first-order valence-electron chi connectivity index (χ1n) is 8.56. The molecule has 1 amide bonds. The van der Waals surface area contributed by atoms with Gasteiger partial charge >= 0.3 is 0 Å². The highest BCUT2D eigenvalue weighted by atomic mass is 16.5. The van der Waals surface area contributed by atoms with Gasteiger partial charge in [0.05, 0.1) is 7.11 Å². The number of nitrogens with zero attached hydrogens (tertiary/aromatic N) is 2. The Morgan fingerprint density at radius 2 is 2.00 bits per heavy atom. The number of amides is 1. The molecular formula is C20H26N2O2. The van der Waals surface area contributed by atoms with Crippen LogP contribution in [0, 0.1) is 5.92 Å². The third-order valence-electron chi connectivity index (χ3n) is 4.87. The summed E-state index contributed by atoms with van der Waals surface area (Å²) >= 11 is 0. The second-order valence-electron chi connectivity index (χ2n) is 6.86. The Balaban J connectivity index is 1.61. The predicted octanol–water partition coefficient (Wildman–Crippen LogP) is 3.15. The first-order valence-corrected chi connectivity index (χ1v) is 8.56. The average Bonchev–Trinajstić information content (AvgIpc) is 3.03. The van der Waals surface area contributed by atoms with Gasteiger partial charge in [-0.3, -0.25) is 4.79 Å². The summed E-state index contributed by atoms with van der Waals surface area (Å²) in [6.45, 7) is 5.43. The van der Waals surface area contributed by atoms with Crippen LogP contribution < -0.4 is 4.74 Å². The van der Waals surface area contributed by atoms with Gasteiger partial charge < -0.3 is 14.5 Å². The molecule has 2 aromatic carbocycles. The molecule has 128 valence electrons. The van der Waals surface area contributed by atoms with E-state index in [1.165, 1.54) is 16.3 Å². The molecule has 0 radical (unpaired) electrons. The molecule has 0 saturated carbocycles. The normalized spacial score (nSPS) is 17.7. The molecule has 4 nitrogen and oxygen atoms in total. The molecule has 2 aromatic rings. The molecule has 0 N–H and O–H groups in total. The van der Waals surface area contributed by atoms with Crippen molar-refractivity contribution in [3.05, 3.63) is 42.0 Å². The summed E-state index contributed by atoms with van der Waals surface area (Å²) in [7, 11) is 3.86. The topological polar surface area (TPSA) is 32.8 Å². The number of likely N-dealkylation sites (tertiary alicyclic amines) is 1. The van der Waals surface area contributed by atoms with Gasteiger partial charge in [0, 0.05) is 33.1 Å². The van der Waals surface area contributed by atoms with E-state index < -0.39 is 0 Å². The zero-order chi connectivity index (χ0) is 17.1. The zero-order valence-corrected chi connectivity index (χ0v) is 14.8. The molecule has 1 unspecified atom stereocenters. The summed E-state index contributed by atoms with van der Waals surface area (Å²) in [4.78, 5) is 15.8. The zero-order valence-electron chi connectivity index (χ0n) is 14.8. The van der Waals surface area contributed by atoms with Gasteiger partial charge in [0.15, 0.2) is 0 Å². The van der Waals surface area contributed by atoms with Crippen LogP contribution >= 0.6 is 0 Å². The number of methoxy groups -OCH3 is 1. The third kappa shape index (κ3) is 3.88. The lowest BCUT2D eigenvalue weighted by Gasteiger charge is -2.21. The van der Waals surface area contributed by atoms with Crippen molar-refractivity contribution in [3.8, 4) is 5.75 Å². The van der Waals surface area contributed by atoms with Crippen molar-refractivity contribution >= 4 is 16.7 Å². The van der Waals surface area contributed by atoms with Crippen LogP contribution in [0.3, 0.4) is 0 Å². The van der Waals surface area contributed by atoms with Gasteiger partial charge in [0.2, 0.25) is 5.91 Å². The van der Waals surface area contributed by atoms with Crippen LogP contribution in [0.25, 0.3) is 10.8 Å². The van der Waals surface area contributed by atoms with E-state index in [4.69, 9.17) is 4.74 Å². The van der Waals surface area contributed by atoms with E-state index in [0.29, 0.717) is 5.92 Å². The molecule has 0 aliphatic carbocycles. The molecule has 3 rings (SSSR count). The van der Waals surface area contributed by atoms with Gasteiger partial charge in [-0.2, -0.15) is 0 Å². The Morgan fingerprint density at radius 3 is 2.71 bits per heavy atom.